The number of rotatable bonds is 3. The number of anilines is 1. The summed E-state index contributed by atoms with van der Waals surface area (Å²) in [7, 11) is 0. The highest BCUT2D eigenvalue weighted by Crippen LogP contribution is 2.28. The molecule has 1 atom stereocenters. The molecule has 5 rings (SSSR count). The van der Waals surface area contributed by atoms with Crippen molar-refractivity contribution in [3.05, 3.63) is 66.0 Å². The normalized spacial score (nSPS) is 18.3. The molecule has 0 spiro atoms. The minimum atomic E-state index is -0.132. The Balaban J connectivity index is 1.40. The van der Waals surface area contributed by atoms with Gasteiger partial charge in [0.2, 0.25) is 0 Å². The second-order valence-corrected chi connectivity index (χ2v) is 7.64. The molecule has 30 heavy (non-hydrogen) atoms. The van der Waals surface area contributed by atoms with Gasteiger partial charge in [0.1, 0.15) is 0 Å². The molecule has 0 aliphatic carbocycles. The lowest BCUT2D eigenvalue weighted by Gasteiger charge is -2.32. The molecule has 0 saturated carbocycles. The van der Waals surface area contributed by atoms with Crippen molar-refractivity contribution in [3.8, 4) is 11.4 Å². The Morgan fingerprint density at radius 1 is 1.10 bits per heavy atom. The van der Waals surface area contributed by atoms with Gasteiger partial charge in [0.05, 0.1) is 12.6 Å². The molecule has 152 valence electrons. The van der Waals surface area contributed by atoms with Crippen LogP contribution in [0.25, 0.3) is 11.4 Å². The third kappa shape index (κ3) is 3.10. The quantitative estimate of drug-likeness (QED) is 0.730. The van der Waals surface area contributed by atoms with Crippen molar-refractivity contribution in [1.82, 2.24) is 25.0 Å². The van der Waals surface area contributed by atoms with Crippen LogP contribution in [-0.4, -0.2) is 51.2 Å². The highest BCUT2D eigenvalue weighted by atomic mass is 16.2. The van der Waals surface area contributed by atoms with Gasteiger partial charge in [0.25, 0.3) is 5.91 Å². The van der Waals surface area contributed by atoms with Crippen LogP contribution < -0.4 is 10.2 Å². The van der Waals surface area contributed by atoms with Crippen LogP contribution in [0.5, 0.6) is 0 Å². The van der Waals surface area contributed by atoms with Crippen molar-refractivity contribution in [1.29, 1.82) is 0 Å². The summed E-state index contributed by atoms with van der Waals surface area (Å²) in [6.07, 6.45) is 0. The van der Waals surface area contributed by atoms with E-state index < -0.39 is 0 Å². The molecule has 3 heterocycles. The second-order valence-electron chi connectivity index (χ2n) is 7.64. The van der Waals surface area contributed by atoms with Gasteiger partial charge in [0, 0.05) is 36.4 Å². The summed E-state index contributed by atoms with van der Waals surface area (Å²) >= 11 is 0. The molecule has 2 aromatic carbocycles. The van der Waals surface area contributed by atoms with Gasteiger partial charge >= 0.3 is 6.03 Å². The molecule has 2 aliphatic heterocycles. The van der Waals surface area contributed by atoms with Crippen LogP contribution in [0.1, 0.15) is 29.1 Å². The lowest BCUT2D eigenvalue weighted by Crippen LogP contribution is -2.40. The Bertz CT molecular complexity index is 1110. The van der Waals surface area contributed by atoms with Gasteiger partial charge in [-0.1, -0.05) is 36.4 Å². The number of fused-ring (bicyclic) bond motifs is 1. The minimum absolute atomic E-state index is 0.0513. The summed E-state index contributed by atoms with van der Waals surface area (Å²) in [5.41, 5.74) is 2.31. The highest BCUT2D eigenvalue weighted by Gasteiger charge is 2.30. The molecule has 0 radical (unpaired) electrons. The number of nitrogens with zero attached hydrogens (tertiary/aromatic N) is 5. The van der Waals surface area contributed by atoms with Crippen LogP contribution in [0.4, 0.5) is 10.5 Å². The highest BCUT2D eigenvalue weighted by molar-refractivity contribution is 5.98. The molecule has 2 aliphatic rings. The van der Waals surface area contributed by atoms with Gasteiger partial charge in [-0.2, -0.15) is 0 Å². The van der Waals surface area contributed by atoms with Gasteiger partial charge in [0.15, 0.2) is 11.6 Å². The molecule has 0 unspecified atom stereocenters. The van der Waals surface area contributed by atoms with Crippen molar-refractivity contribution in [2.75, 3.05) is 24.5 Å². The van der Waals surface area contributed by atoms with Crippen LogP contribution in [0.15, 0.2) is 54.6 Å². The fourth-order valence-corrected chi connectivity index (χ4v) is 4.18. The number of benzene rings is 2. The lowest BCUT2D eigenvalue weighted by atomic mass is 10.1. The maximum Gasteiger partial charge on any atom is 0.321 e. The maximum absolute atomic E-state index is 13.2. The topological polar surface area (TPSA) is 83.4 Å². The number of urea groups is 1. The van der Waals surface area contributed by atoms with Crippen LogP contribution in [0, 0.1) is 0 Å². The fraction of sp³-hybridized carbons (Fsp3) is 0.273. The van der Waals surface area contributed by atoms with E-state index in [0.29, 0.717) is 31.7 Å². The first-order valence-electron chi connectivity index (χ1n) is 10.1. The van der Waals surface area contributed by atoms with E-state index in [1.165, 1.54) is 0 Å². The number of hydrogen-bond acceptors (Lipinski definition) is 4. The summed E-state index contributed by atoms with van der Waals surface area (Å²) in [6, 6.07) is 17.1. The monoisotopic (exact) mass is 402 g/mol. The van der Waals surface area contributed by atoms with Crippen molar-refractivity contribution >= 4 is 17.6 Å². The fourth-order valence-electron chi connectivity index (χ4n) is 4.18. The van der Waals surface area contributed by atoms with Gasteiger partial charge < -0.3 is 14.8 Å². The van der Waals surface area contributed by atoms with E-state index in [1.54, 1.807) is 21.9 Å². The van der Waals surface area contributed by atoms with Crippen LogP contribution >= 0.6 is 0 Å². The van der Waals surface area contributed by atoms with E-state index in [4.69, 9.17) is 0 Å². The Labute approximate surface area is 174 Å². The Morgan fingerprint density at radius 3 is 2.70 bits per heavy atom. The third-order valence-corrected chi connectivity index (χ3v) is 5.60. The molecule has 8 nitrogen and oxygen atoms in total. The zero-order valence-corrected chi connectivity index (χ0v) is 16.7. The summed E-state index contributed by atoms with van der Waals surface area (Å²) in [4.78, 5) is 28.6. The van der Waals surface area contributed by atoms with Crippen molar-refractivity contribution < 1.29 is 9.59 Å². The Hall–Kier alpha value is -3.68. The van der Waals surface area contributed by atoms with Crippen LogP contribution in [0.2, 0.25) is 0 Å². The van der Waals surface area contributed by atoms with E-state index >= 15 is 0 Å². The molecular formula is C22H22N6O2. The molecule has 1 N–H and O–H groups in total. The van der Waals surface area contributed by atoms with E-state index in [0.717, 1.165) is 22.9 Å². The number of nitrogens with one attached hydrogen (secondary N) is 1. The van der Waals surface area contributed by atoms with Crippen molar-refractivity contribution in [2.45, 2.75) is 19.5 Å². The molecular weight excluding hydrogens is 380 g/mol. The zero-order chi connectivity index (χ0) is 20.7. The van der Waals surface area contributed by atoms with Gasteiger partial charge in [-0.3, -0.25) is 9.69 Å². The number of aromatic nitrogens is 3. The van der Waals surface area contributed by atoms with E-state index in [9.17, 15) is 9.59 Å². The Morgan fingerprint density at radius 2 is 1.93 bits per heavy atom. The second kappa shape index (κ2) is 7.29. The zero-order valence-electron chi connectivity index (χ0n) is 16.7. The summed E-state index contributed by atoms with van der Waals surface area (Å²) in [5.74, 6) is 1.53. The average molecular weight is 402 g/mol. The first-order valence-corrected chi connectivity index (χ1v) is 10.1. The molecule has 1 fully saturated rings. The molecule has 0 bridgehead atoms. The van der Waals surface area contributed by atoms with Gasteiger partial charge in [-0.25, -0.2) is 4.79 Å². The predicted octanol–water partition coefficient (Wildman–Crippen LogP) is 2.69. The number of carbonyl (C=O) groups is 2. The SMILES string of the molecule is C[C@H]1CN(C(=O)c2cccc(N3CCNC3=O)c2)Cc2nnc(-c3ccccc3)n21. The lowest BCUT2D eigenvalue weighted by molar-refractivity contribution is 0.0682. The number of amides is 3. The van der Waals surface area contributed by atoms with Gasteiger partial charge in [-0.05, 0) is 25.1 Å². The molecule has 1 saturated heterocycles. The first-order chi connectivity index (χ1) is 14.6. The third-order valence-electron chi connectivity index (χ3n) is 5.60. The Kier molecular flexibility index (Phi) is 4.46. The first kappa shape index (κ1) is 18.4. The van der Waals surface area contributed by atoms with Gasteiger partial charge in [-0.15, -0.1) is 10.2 Å². The van der Waals surface area contributed by atoms with Crippen molar-refractivity contribution in [3.63, 3.8) is 0 Å². The smallest absolute Gasteiger partial charge is 0.321 e. The molecule has 3 aromatic rings. The predicted molar refractivity (Wildman–Crippen MR) is 112 cm³/mol. The summed E-state index contributed by atoms with van der Waals surface area (Å²) in [6.45, 7) is 4.25. The minimum Gasteiger partial charge on any atom is -0.336 e. The standard InChI is InChI=1S/C22H22N6O2/c1-15-13-26(14-19-24-25-20(28(15)19)16-6-3-2-4-7-16)21(29)17-8-5-9-18(12-17)27-11-10-23-22(27)30/h2-9,12,15H,10-11,13-14H2,1H3,(H,23,30)/t15-/m0/s1. The molecule has 1 aromatic heterocycles. The van der Waals surface area contributed by atoms with E-state index in [2.05, 4.69) is 27.0 Å². The molecule has 8 heteroatoms. The van der Waals surface area contributed by atoms with Crippen LogP contribution in [-0.2, 0) is 6.54 Å². The average Bonchev–Trinajstić information content (AvgIpc) is 3.40. The summed E-state index contributed by atoms with van der Waals surface area (Å²) < 4.78 is 2.12. The maximum atomic E-state index is 13.2. The number of hydrogen-bond donors (Lipinski definition) is 1. The van der Waals surface area contributed by atoms with Crippen molar-refractivity contribution in [2.24, 2.45) is 0 Å². The molecule has 3 amide bonds. The number of carbonyl (C=O) groups excluding carboxylic acids is 2. The largest absolute Gasteiger partial charge is 0.336 e. The van der Waals surface area contributed by atoms with E-state index in [1.807, 2.05) is 42.5 Å². The van der Waals surface area contributed by atoms with Crippen LogP contribution in [0.3, 0.4) is 0 Å². The summed E-state index contributed by atoms with van der Waals surface area (Å²) in [5, 5.41) is 11.5. The van der Waals surface area contributed by atoms with E-state index in [-0.39, 0.29) is 18.0 Å².